The lowest BCUT2D eigenvalue weighted by Gasteiger charge is -2.54. The Morgan fingerprint density at radius 2 is 1.54 bits per heavy atom. The van der Waals surface area contributed by atoms with Gasteiger partial charge in [-0.2, -0.15) is 15.8 Å². The van der Waals surface area contributed by atoms with Gasteiger partial charge < -0.3 is 9.47 Å². The van der Waals surface area contributed by atoms with E-state index in [4.69, 9.17) is 14.9 Å². The Bertz CT molecular complexity index is 1280. The van der Waals surface area contributed by atoms with Crippen LogP contribution < -0.4 is 0 Å². The lowest BCUT2D eigenvalue weighted by atomic mass is 9.49. The van der Waals surface area contributed by atoms with E-state index in [2.05, 4.69) is 39.0 Å². The molecule has 35 heavy (non-hydrogen) atoms. The topological polar surface area (TPSA) is 114 Å². The van der Waals surface area contributed by atoms with Crippen LogP contribution in [0.15, 0.2) is 54.6 Å². The highest BCUT2D eigenvalue weighted by Gasteiger charge is 2.81. The van der Waals surface area contributed by atoms with Gasteiger partial charge in [-0.3, -0.25) is 5.41 Å². The third kappa shape index (κ3) is 2.99. The van der Waals surface area contributed by atoms with Crippen molar-refractivity contribution in [2.45, 2.75) is 51.9 Å². The molecule has 3 aliphatic rings. The van der Waals surface area contributed by atoms with Gasteiger partial charge in [-0.25, -0.2) is 0 Å². The van der Waals surface area contributed by atoms with Crippen molar-refractivity contribution in [1.82, 2.24) is 0 Å². The second-order valence-corrected chi connectivity index (χ2v) is 11.1. The molecule has 5 rings (SSSR count). The van der Waals surface area contributed by atoms with Crippen LogP contribution in [0.25, 0.3) is 11.1 Å². The Morgan fingerprint density at radius 3 is 2.11 bits per heavy atom. The predicted molar refractivity (Wildman–Crippen MR) is 129 cm³/mol. The lowest BCUT2D eigenvalue weighted by molar-refractivity contribution is -0.301. The van der Waals surface area contributed by atoms with Crippen molar-refractivity contribution in [1.29, 1.82) is 21.2 Å². The molecule has 2 heterocycles. The van der Waals surface area contributed by atoms with E-state index >= 15 is 0 Å². The summed E-state index contributed by atoms with van der Waals surface area (Å²) in [5.74, 6) is -1.81. The molecule has 0 amide bonds. The van der Waals surface area contributed by atoms with E-state index in [-0.39, 0.29) is 17.2 Å². The standard InChI is InChI=1S/C29H28N4O2/c1-26(2,3)22-13-14-29-23(15-22)28(18-32,25(33)35-29)27(16-30,17-31)24(34-29)21-11-9-20(10-12-21)19-7-5-4-6-8-19/h4-12,22-24,33H,13-15H2,1-3H3. The van der Waals surface area contributed by atoms with Crippen LogP contribution in [0, 0.1) is 67.5 Å². The summed E-state index contributed by atoms with van der Waals surface area (Å²) in [4.78, 5) is 0. The Labute approximate surface area is 206 Å². The zero-order valence-corrected chi connectivity index (χ0v) is 20.2. The van der Waals surface area contributed by atoms with Gasteiger partial charge in [0.1, 0.15) is 6.10 Å². The van der Waals surface area contributed by atoms with Gasteiger partial charge in [0.15, 0.2) is 5.41 Å². The molecule has 1 aliphatic carbocycles. The monoisotopic (exact) mass is 464 g/mol. The van der Waals surface area contributed by atoms with Crippen LogP contribution in [-0.2, 0) is 9.47 Å². The zero-order valence-electron chi connectivity index (χ0n) is 20.2. The summed E-state index contributed by atoms with van der Waals surface area (Å²) in [5, 5.41) is 40.4. The molecular weight excluding hydrogens is 436 g/mol. The van der Waals surface area contributed by atoms with Gasteiger partial charge in [-0.15, -0.1) is 0 Å². The van der Waals surface area contributed by atoms with E-state index in [1.807, 2.05) is 54.6 Å². The van der Waals surface area contributed by atoms with Crippen LogP contribution in [0.5, 0.6) is 0 Å². The van der Waals surface area contributed by atoms with Crippen molar-refractivity contribution < 1.29 is 9.47 Å². The van der Waals surface area contributed by atoms with Gasteiger partial charge >= 0.3 is 0 Å². The summed E-state index contributed by atoms with van der Waals surface area (Å²) in [6, 6.07) is 24.1. The highest BCUT2D eigenvalue weighted by atomic mass is 16.7. The highest BCUT2D eigenvalue weighted by molar-refractivity contribution is 5.89. The molecule has 2 aromatic rings. The van der Waals surface area contributed by atoms with Crippen molar-refractivity contribution in [2.24, 2.45) is 28.1 Å². The Morgan fingerprint density at radius 1 is 0.914 bits per heavy atom. The van der Waals surface area contributed by atoms with E-state index < -0.39 is 28.6 Å². The normalized spacial score (nSPS) is 32.9. The average molecular weight is 465 g/mol. The first-order valence-electron chi connectivity index (χ1n) is 12.0. The number of hydrogen-bond donors (Lipinski definition) is 1. The van der Waals surface area contributed by atoms with Crippen molar-refractivity contribution in [3.63, 3.8) is 0 Å². The van der Waals surface area contributed by atoms with Gasteiger partial charge in [-0.1, -0.05) is 75.4 Å². The molecule has 5 atom stereocenters. The molecule has 6 nitrogen and oxygen atoms in total. The second-order valence-electron chi connectivity index (χ2n) is 11.1. The molecule has 1 N–H and O–H groups in total. The van der Waals surface area contributed by atoms with E-state index in [0.29, 0.717) is 18.4 Å². The minimum atomic E-state index is -1.92. The first kappa shape index (κ1) is 23.1. The maximum atomic E-state index is 10.6. The smallest absolute Gasteiger partial charge is 0.217 e. The first-order chi connectivity index (χ1) is 16.7. The SMILES string of the molecule is CC(C)(C)C1CCC23OC(=N)C(C#N)(C2C1)C(C#N)(C#N)C(c1ccc(-c2ccccc2)cc1)O3. The highest BCUT2D eigenvalue weighted by Crippen LogP contribution is 2.70. The van der Waals surface area contributed by atoms with Crippen LogP contribution in [0.1, 0.15) is 51.7 Å². The molecule has 6 heteroatoms. The van der Waals surface area contributed by atoms with Crippen molar-refractivity contribution >= 4 is 5.90 Å². The number of nitrogens with zero attached hydrogens (tertiary/aromatic N) is 3. The average Bonchev–Trinajstić information content (AvgIpc) is 3.07. The molecule has 2 bridgehead atoms. The van der Waals surface area contributed by atoms with Crippen molar-refractivity contribution in [2.75, 3.05) is 0 Å². The number of hydrogen-bond acceptors (Lipinski definition) is 6. The van der Waals surface area contributed by atoms with E-state index in [0.717, 1.165) is 17.5 Å². The fourth-order valence-electron chi connectivity index (χ4n) is 6.41. The summed E-state index contributed by atoms with van der Waals surface area (Å²) in [7, 11) is 0. The van der Waals surface area contributed by atoms with E-state index in [1.54, 1.807) is 0 Å². The summed E-state index contributed by atoms with van der Waals surface area (Å²) >= 11 is 0. The Hall–Kier alpha value is -3.66. The van der Waals surface area contributed by atoms with Crippen molar-refractivity contribution in [3.8, 4) is 29.3 Å². The fraction of sp³-hybridized carbons (Fsp3) is 0.448. The minimum Gasteiger partial charge on any atom is -0.447 e. The van der Waals surface area contributed by atoms with Crippen LogP contribution in [0.4, 0.5) is 0 Å². The summed E-state index contributed by atoms with van der Waals surface area (Å²) < 4.78 is 12.7. The van der Waals surface area contributed by atoms with Gasteiger partial charge in [0.05, 0.1) is 24.1 Å². The third-order valence-electron chi connectivity index (χ3n) is 8.46. The van der Waals surface area contributed by atoms with E-state index in [9.17, 15) is 15.8 Å². The Balaban J connectivity index is 1.64. The van der Waals surface area contributed by atoms with Crippen LogP contribution in [0.3, 0.4) is 0 Å². The summed E-state index contributed by atoms with van der Waals surface area (Å²) in [5.41, 5.74) is -0.978. The second kappa shape index (κ2) is 7.67. The van der Waals surface area contributed by atoms with E-state index in [1.165, 1.54) is 0 Å². The van der Waals surface area contributed by atoms with Gasteiger partial charge in [0.2, 0.25) is 17.1 Å². The predicted octanol–water partition coefficient (Wildman–Crippen LogP) is 6.13. The summed E-state index contributed by atoms with van der Waals surface area (Å²) in [6.45, 7) is 6.47. The fourth-order valence-corrected chi connectivity index (χ4v) is 6.41. The van der Waals surface area contributed by atoms with Gasteiger partial charge in [-0.05, 0) is 40.9 Å². The molecule has 5 unspecified atom stereocenters. The summed E-state index contributed by atoms with van der Waals surface area (Å²) in [6.07, 6.45) is 0.870. The van der Waals surface area contributed by atoms with Crippen LogP contribution in [0.2, 0.25) is 0 Å². The number of nitrogens with one attached hydrogen (secondary N) is 1. The van der Waals surface area contributed by atoms with Gasteiger partial charge in [0.25, 0.3) is 0 Å². The zero-order chi connectivity index (χ0) is 25.1. The molecule has 0 aromatic heterocycles. The molecule has 0 radical (unpaired) electrons. The number of benzene rings is 2. The largest absolute Gasteiger partial charge is 0.447 e. The van der Waals surface area contributed by atoms with Crippen molar-refractivity contribution in [3.05, 3.63) is 60.2 Å². The molecule has 176 valence electrons. The molecule has 2 aliphatic heterocycles. The molecule has 1 saturated carbocycles. The minimum absolute atomic E-state index is 0.0219. The molecule has 2 aromatic carbocycles. The molecule has 0 spiro atoms. The maximum Gasteiger partial charge on any atom is 0.217 e. The molecule has 2 saturated heterocycles. The van der Waals surface area contributed by atoms with Crippen LogP contribution in [-0.4, -0.2) is 11.7 Å². The number of rotatable bonds is 2. The number of nitriles is 3. The quantitative estimate of drug-likeness (QED) is 0.574. The van der Waals surface area contributed by atoms with Crippen LogP contribution >= 0.6 is 0 Å². The third-order valence-corrected chi connectivity index (χ3v) is 8.46. The number of ether oxygens (including phenoxy) is 2. The lowest BCUT2D eigenvalue weighted by Crippen LogP contribution is -2.61. The first-order valence-corrected chi connectivity index (χ1v) is 12.0. The van der Waals surface area contributed by atoms with Gasteiger partial charge in [0, 0.05) is 6.42 Å². The Kier molecular flexibility index (Phi) is 5.06. The maximum absolute atomic E-state index is 10.6. The molecule has 3 fully saturated rings. The molecular formula is C29H28N4O2.